The predicted molar refractivity (Wildman–Crippen MR) is 84.5 cm³/mol. The molecule has 1 fully saturated rings. The Balaban J connectivity index is 2.62. The molecule has 23 heavy (non-hydrogen) atoms. The summed E-state index contributed by atoms with van der Waals surface area (Å²) in [6.45, 7) is 4.13. The summed E-state index contributed by atoms with van der Waals surface area (Å²) < 4.78 is 0. The lowest BCUT2D eigenvalue weighted by Crippen LogP contribution is -2.43. The van der Waals surface area contributed by atoms with E-state index in [2.05, 4.69) is 0 Å². The second-order valence-electron chi connectivity index (χ2n) is 5.87. The number of hydrogen-bond acceptors (Lipinski definition) is 6. The lowest BCUT2D eigenvalue weighted by molar-refractivity contribution is -0.139. The van der Waals surface area contributed by atoms with Gasteiger partial charge in [0, 0.05) is 26.2 Å². The van der Waals surface area contributed by atoms with Crippen LogP contribution in [0.1, 0.15) is 19.3 Å². The van der Waals surface area contributed by atoms with E-state index in [1.54, 1.807) is 0 Å². The maximum Gasteiger partial charge on any atom is 0.317 e. The molecule has 0 unspecified atom stereocenters. The van der Waals surface area contributed by atoms with Gasteiger partial charge in [-0.2, -0.15) is 0 Å². The van der Waals surface area contributed by atoms with Crippen LogP contribution in [0.4, 0.5) is 0 Å². The molecule has 0 aromatic heterocycles. The highest BCUT2D eigenvalue weighted by atomic mass is 16.4. The molecule has 8 nitrogen and oxygen atoms in total. The molecule has 0 bridgehead atoms. The summed E-state index contributed by atoms with van der Waals surface area (Å²) in [4.78, 5) is 38.4. The van der Waals surface area contributed by atoms with Crippen LogP contribution in [0.15, 0.2) is 0 Å². The average molecular weight is 329 g/mol. The van der Waals surface area contributed by atoms with Crippen molar-refractivity contribution >= 4 is 18.2 Å². The first-order valence-electron chi connectivity index (χ1n) is 8.05. The molecule has 1 rings (SSSR count). The Bertz CT molecular complexity index is 361. The van der Waals surface area contributed by atoms with Crippen molar-refractivity contribution in [3.63, 3.8) is 0 Å². The molecular formula is C15H27N3O5. The lowest BCUT2D eigenvalue weighted by atomic mass is 10.2. The Morgan fingerprint density at radius 1 is 0.739 bits per heavy atom. The van der Waals surface area contributed by atoms with Crippen molar-refractivity contribution in [2.75, 3.05) is 58.9 Å². The quantitative estimate of drug-likeness (QED) is 0.626. The SMILES string of the molecule is O=CCN1CCN(CC(=O)O)CCCCCN(CC(=O)O)CC1. The molecule has 2 N–H and O–H groups in total. The minimum Gasteiger partial charge on any atom is -0.480 e. The molecule has 132 valence electrons. The van der Waals surface area contributed by atoms with Crippen molar-refractivity contribution in [2.45, 2.75) is 19.3 Å². The van der Waals surface area contributed by atoms with E-state index >= 15 is 0 Å². The monoisotopic (exact) mass is 329 g/mol. The number of hydrogen-bond donors (Lipinski definition) is 2. The fourth-order valence-corrected chi connectivity index (χ4v) is 2.74. The van der Waals surface area contributed by atoms with Gasteiger partial charge in [0.15, 0.2) is 0 Å². The van der Waals surface area contributed by atoms with Crippen molar-refractivity contribution in [3.8, 4) is 0 Å². The number of nitrogens with zero attached hydrogens (tertiary/aromatic N) is 3. The summed E-state index contributed by atoms with van der Waals surface area (Å²) in [6, 6.07) is 0. The number of carboxylic acid groups (broad SMARTS) is 2. The largest absolute Gasteiger partial charge is 0.480 e. The minimum absolute atomic E-state index is 0.0140. The topological polar surface area (TPSA) is 101 Å². The molecule has 0 spiro atoms. The first kappa shape index (κ1) is 19.5. The molecule has 1 heterocycles. The Morgan fingerprint density at radius 2 is 1.17 bits per heavy atom. The van der Waals surface area contributed by atoms with Gasteiger partial charge in [-0.3, -0.25) is 24.3 Å². The van der Waals surface area contributed by atoms with Gasteiger partial charge in [-0.05, 0) is 25.9 Å². The zero-order valence-electron chi connectivity index (χ0n) is 13.5. The summed E-state index contributed by atoms with van der Waals surface area (Å²) in [5, 5.41) is 17.9. The molecule has 0 aromatic rings. The second-order valence-corrected chi connectivity index (χ2v) is 5.87. The predicted octanol–water partition coefficient (Wildman–Crippen LogP) is -0.556. The van der Waals surface area contributed by atoms with Crippen molar-refractivity contribution in [2.24, 2.45) is 0 Å². The van der Waals surface area contributed by atoms with E-state index in [0.29, 0.717) is 39.3 Å². The van der Waals surface area contributed by atoms with Crippen LogP contribution in [-0.2, 0) is 14.4 Å². The first-order chi connectivity index (χ1) is 11.0. The molecular weight excluding hydrogens is 302 g/mol. The summed E-state index contributed by atoms with van der Waals surface area (Å²) in [6.07, 6.45) is 3.56. The van der Waals surface area contributed by atoms with E-state index in [4.69, 9.17) is 10.2 Å². The molecule has 1 aliphatic heterocycles. The minimum atomic E-state index is -0.841. The van der Waals surface area contributed by atoms with Crippen molar-refractivity contribution in [1.82, 2.24) is 14.7 Å². The van der Waals surface area contributed by atoms with Crippen LogP contribution in [0.3, 0.4) is 0 Å². The molecule has 0 aromatic carbocycles. The highest BCUT2D eigenvalue weighted by Gasteiger charge is 2.16. The van der Waals surface area contributed by atoms with Gasteiger partial charge in [-0.25, -0.2) is 0 Å². The van der Waals surface area contributed by atoms with Gasteiger partial charge in [-0.1, -0.05) is 6.42 Å². The lowest BCUT2D eigenvalue weighted by Gasteiger charge is -2.29. The van der Waals surface area contributed by atoms with Crippen LogP contribution >= 0.6 is 0 Å². The molecule has 0 aliphatic carbocycles. The Morgan fingerprint density at radius 3 is 1.57 bits per heavy atom. The maximum absolute atomic E-state index is 10.9. The van der Waals surface area contributed by atoms with Crippen LogP contribution in [0.5, 0.6) is 0 Å². The van der Waals surface area contributed by atoms with Gasteiger partial charge in [0.05, 0.1) is 19.6 Å². The van der Waals surface area contributed by atoms with Gasteiger partial charge in [-0.15, -0.1) is 0 Å². The fourth-order valence-electron chi connectivity index (χ4n) is 2.74. The normalized spacial score (nSPS) is 20.3. The first-order valence-corrected chi connectivity index (χ1v) is 8.05. The molecule has 8 heteroatoms. The standard InChI is InChI=1S/C15H27N3O5/c19-11-10-16-6-8-17(12-14(20)21)4-2-1-3-5-18(9-7-16)13-15(22)23/h11H,1-10,12-13H2,(H,20,21)(H,22,23). The highest BCUT2D eigenvalue weighted by molar-refractivity contribution is 5.69. The van der Waals surface area contributed by atoms with Crippen LogP contribution in [0.25, 0.3) is 0 Å². The number of aliphatic carboxylic acids is 2. The second kappa shape index (κ2) is 11.1. The summed E-state index contributed by atoms with van der Waals surface area (Å²) in [5.41, 5.74) is 0. The van der Waals surface area contributed by atoms with Gasteiger partial charge in [0.25, 0.3) is 0 Å². The van der Waals surface area contributed by atoms with Gasteiger partial charge in [0.2, 0.25) is 0 Å². The van der Waals surface area contributed by atoms with Crippen LogP contribution in [0, 0.1) is 0 Å². The van der Waals surface area contributed by atoms with Gasteiger partial charge >= 0.3 is 11.9 Å². The summed E-state index contributed by atoms with van der Waals surface area (Å²) >= 11 is 0. The fraction of sp³-hybridized carbons (Fsp3) is 0.800. The molecule has 0 amide bonds. The third kappa shape index (κ3) is 9.27. The Labute approximate surface area is 136 Å². The summed E-state index contributed by atoms with van der Waals surface area (Å²) in [5.74, 6) is -1.68. The van der Waals surface area contributed by atoms with Crippen LogP contribution in [0.2, 0.25) is 0 Å². The zero-order chi connectivity index (χ0) is 17.1. The number of rotatable bonds is 6. The van der Waals surface area contributed by atoms with Crippen LogP contribution in [-0.4, -0.2) is 102 Å². The Kier molecular flexibility index (Phi) is 9.42. The third-order valence-electron chi connectivity index (χ3n) is 3.96. The van der Waals surface area contributed by atoms with Gasteiger partial charge < -0.3 is 15.0 Å². The number of carboxylic acids is 2. The van der Waals surface area contributed by atoms with E-state index < -0.39 is 11.9 Å². The molecule has 0 saturated carbocycles. The molecule has 1 aliphatic rings. The molecule has 1 saturated heterocycles. The van der Waals surface area contributed by atoms with Crippen molar-refractivity contribution in [1.29, 1.82) is 0 Å². The molecule has 0 radical (unpaired) electrons. The number of aldehydes is 1. The van der Waals surface area contributed by atoms with E-state index in [-0.39, 0.29) is 19.6 Å². The zero-order valence-corrected chi connectivity index (χ0v) is 13.5. The van der Waals surface area contributed by atoms with E-state index in [1.807, 2.05) is 14.7 Å². The average Bonchev–Trinajstić information content (AvgIpc) is 2.46. The van der Waals surface area contributed by atoms with E-state index in [9.17, 15) is 14.4 Å². The number of carbonyl (C=O) groups is 3. The van der Waals surface area contributed by atoms with E-state index in [0.717, 1.165) is 25.5 Å². The molecule has 0 atom stereocenters. The van der Waals surface area contributed by atoms with Crippen LogP contribution < -0.4 is 0 Å². The highest BCUT2D eigenvalue weighted by Crippen LogP contribution is 2.04. The van der Waals surface area contributed by atoms with Crippen molar-refractivity contribution < 1.29 is 24.6 Å². The van der Waals surface area contributed by atoms with E-state index in [1.165, 1.54) is 0 Å². The third-order valence-corrected chi connectivity index (χ3v) is 3.96. The smallest absolute Gasteiger partial charge is 0.317 e. The number of carbonyl (C=O) groups excluding carboxylic acids is 1. The maximum atomic E-state index is 10.9. The van der Waals surface area contributed by atoms with Gasteiger partial charge in [0.1, 0.15) is 6.29 Å². The van der Waals surface area contributed by atoms with Crippen molar-refractivity contribution in [3.05, 3.63) is 0 Å². The Hall–Kier alpha value is -1.51. The summed E-state index contributed by atoms with van der Waals surface area (Å²) in [7, 11) is 0.